The van der Waals surface area contributed by atoms with Crippen LogP contribution in [0.3, 0.4) is 0 Å². The van der Waals surface area contributed by atoms with Gasteiger partial charge in [-0.15, -0.1) is 0 Å². The van der Waals surface area contributed by atoms with Crippen LogP contribution < -0.4 is 5.32 Å². The van der Waals surface area contributed by atoms with Gasteiger partial charge >= 0.3 is 5.97 Å². The number of nitrogens with zero attached hydrogens (tertiary/aromatic N) is 1. The molecule has 2 unspecified atom stereocenters. The Morgan fingerprint density at radius 1 is 1.57 bits per heavy atom. The number of piperazine rings is 1. The SMILES string of the molecule is CC(C(=O)O)C(C)N1CCN[C@@H](C)C1. The first-order valence-electron chi connectivity index (χ1n) is 5.22. The van der Waals surface area contributed by atoms with Crippen LogP contribution in [0.5, 0.6) is 0 Å². The Hall–Kier alpha value is -0.610. The van der Waals surface area contributed by atoms with Gasteiger partial charge in [0.1, 0.15) is 0 Å². The highest BCUT2D eigenvalue weighted by Crippen LogP contribution is 2.13. The predicted molar refractivity (Wildman–Crippen MR) is 55.3 cm³/mol. The molecule has 1 rings (SSSR count). The van der Waals surface area contributed by atoms with Crippen LogP contribution in [0.4, 0.5) is 0 Å². The maximum Gasteiger partial charge on any atom is 0.307 e. The molecule has 0 saturated carbocycles. The molecular formula is C10H20N2O2. The van der Waals surface area contributed by atoms with Crippen molar-refractivity contribution in [3.63, 3.8) is 0 Å². The van der Waals surface area contributed by atoms with E-state index in [1.54, 1.807) is 6.92 Å². The standard InChI is InChI=1S/C10H20N2O2/c1-7-6-12(5-4-11-7)9(3)8(2)10(13)14/h7-9,11H,4-6H2,1-3H3,(H,13,14)/t7-,8?,9?/m0/s1. The summed E-state index contributed by atoms with van der Waals surface area (Å²) in [6.07, 6.45) is 0. The minimum Gasteiger partial charge on any atom is -0.481 e. The van der Waals surface area contributed by atoms with E-state index in [-0.39, 0.29) is 12.0 Å². The highest BCUT2D eigenvalue weighted by atomic mass is 16.4. The molecule has 1 aliphatic rings. The van der Waals surface area contributed by atoms with Crippen molar-refractivity contribution in [2.75, 3.05) is 19.6 Å². The summed E-state index contributed by atoms with van der Waals surface area (Å²) in [5, 5.41) is 12.3. The molecule has 0 aromatic rings. The monoisotopic (exact) mass is 200 g/mol. The Morgan fingerprint density at radius 3 is 2.71 bits per heavy atom. The first-order valence-corrected chi connectivity index (χ1v) is 5.22. The van der Waals surface area contributed by atoms with Crippen LogP contribution in [0.2, 0.25) is 0 Å². The van der Waals surface area contributed by atoms with Crippen LogP contribution >= 0.6 is 0 Å². The molecule has 0 radical (unpaired) electrons. The van der Waals surface area contributed by atoms with Crippen LogP contribution in [-0.4, -0.2) is 47.7 Å². The van der Waals surface area contributed by atoms with Gasteiger partial charge in [-0.2, -0.15) is 0 Å². The second kappa shape index (κ2) is 4.75. The molecule has 2 N–H and O–H groups in total. The Bertz CT molecular complexity index is 208. The summed E-state index contributed by atoms with van der Waals surface area (Å²) < 4.78 is 0. The lowest BCUT2D eigenvalue weighted by Gasteiger charge is -2.37. The van der Waals surface area contributed by atoms with Crippen LogP contribution in [0.15, 0.2) is 0 Å². The third-order valence-electron chi connectivity index (χ3n) is 3.09. The zero-order valence-corrected chi connectivity index (χ0v) is 9.16. The van der Waals surface area contributed by atoms with E-state index < -0.39 is 5.97 Å². The summed E-state index contributed by atoms with van der Waals surface area (Å²) in [6, 6.07) is 0.587. The van der Waals surface area contributed by atoms with Crippen molar-refractivity contribution >= 4 is 5.97 Å². The second-order valence-corrected chi connectivity index (χ2v) is 4.22. The minimum absolute atomic E-state index is 0.122. The molecule has 1 saturated heterocycles. The Balaban J connectivity index is 2.50. The van der Waals surface area contributed by atoms with Gasteiger partial charge in [-0.25, -0.2) is 0 Å². The molecule has 82 valence electrons. The number of aliphatic carboxylic acids is 1. The number of nitrogens with one attached hydrogen (secondary N) is 1. The highest BCUT2D eigenvalue weighted by molar-refractivity contribution is 5.70. The second-order valence-electron chi connectivity index (χ2n) is 4.22. The number of carboxylic acid groups (broad SMARTS) is 1. The first kappa shape index (κ1) is 11.5. The normalized spacial score (nSPS) is 28.4. The topological polar surface area (TPSA) is 52.6 Å². The van der Waals surface area contributed by atoms with E-state index in [2.05, 4.69) is 17.1 Å². The molecule has 0 aromatic carbocycles. The van der Waals surface area contributed by atoms with Crippen molar-refractivity contribution in [3.8, 4) is 0 Å². The van der Waals surface area contributed by atoms with Gasteiger partial charge < -0.3 is 10.4 Å². The van der Waals surface area contributed by atoms with Crippen LogP contribution in [0, 0.1) is 5.92 Å². The molecule has 0 spiro atoms. The van der Waals surface area contributed by atoms with E-state index in [9.17, 15) is 4.79 Å². The average Bonchev–Trinajstić information content (AvgIpc) is 2.15. The summed E-state index contributed by atoms with van der Waals surface area (Å²) >= 11 is 0. The average molecular weight is 200 g/mol. The van der Waals surface area contributed by atoms with E-state index in [0.29, 0.717) is 6.04 Å². The van der Waals surface area contributed by atoms with E-state index >= 15 is 0 Å². The summed E-state index contributed by atoms with van der Waals surface area (Å²) in [7, 11) is 0. The summed E-state index contributed by atoms with van der Waals surface area (Å²) in [5.41, 5.74) is 0. The molecule has 0 bridgehead atoms. The molecule has 3 atom stereocenters. The van der Waals surface area contributed by atoms with Gasteiger partial charge in [-0.1, -0.05) is 6.92 Å². The molecular weight excluding hydrogens is 180 g/mol. The van der Waals surface area contributed by atoms with Crippen molar-refractivity contribution in [3.05, 3.63) is 0 Å². The van der Waals surface area contributed by atoms with Gasteiger partial charge in [-0.05, 0) is 13.8 Å². The molecule has 4 nitrogen and oxygen atoms in total. The van der Waals surface area contributed by atoms with E-state index in [4.69, 9.17) is 5.11 Å². The van der Waals surface area contributed by atoms with Gasteiger partial charge in [0.05, 0.1) is 5.92 Å². The molecule has 0 aromatic heterocycles. The number of rotatable bonds is 3. The molecule has 4 heteroatoms. The molecule has 1 heterocycles. The van der Waals surface area contributed by atoms with Crippen molar-refractivity contribution < 1.29 is 9.90 Å². The molecule has 0 amide bonds. The number of hydrogen-bond acceptors (Lipinski definition) is 3. The Labute approximate surface area is 85.3 Å². The summed E-state index contributed by atoms with van der Waals surface area (Å²) in [5.74, 6) is -0.996. The lowest BCUT2D eigenvalue weighted by Crippen LogP contribution is -2.54. The fourth-order valence-corrected chi connectivity index (χ4v) is 1.85. The number of hydrogen-bond donors (Lipinski definition) is 2. The molecule has 0 aliphatic carbocycles. The van der Waals surface area contributed by atoms with Gasteiger partial charge in [-0.3, -0.25) is 9.69 Å². The highest BCUT2D eigenvalue weighted by Gasteiger charge is 2.27. The van der Waals surface area contributed by atoms with E-state index in [1.807, 2.05) is 6.92 Å². The minimum atomic E-state index is -0.705. The maximum absolute atomic E-state index is 10.8. The van der Waals surface area contributed by atoms with Gasteiger partial charge in [0.15, 0.2) is 0 Å². The van der Waals surface area contributed by atoms with Crippen molar-refractivity contribution in [2.45, 2.75) is 32.9 Å². The van der Waals surface area contributed by atoms with Gasteiger partial charge in [0, 0.05) is 31.7 Å². The first-order chi connectivity index (χ1) is 6.52. The predicted octanol–water partition coefficient (Wildman–Crippen LogP) is 0.389. The lowest BCUT2D eigenvalue weighted by atomic mass is 10.0. The Morgan fingerprint density at radius 2 is 2.21 bits per heavy atom. The van der Waals surface area contributed by atoms with E-state index in [0.717, 1.165) is 19.6 Å². The molecule has 1 fully saturated rings. The van der Waals surface area contributed by atoms with Crippen LogP contribution in [0.1, 0.15) is 20.8 Å². The fourth-order valence-electron chi connectivity index (χ4n) is 1.85. The third kappa shape index (κ3) is 2.69. The van der Waals surface area contributed by atoms with Crippen LogP contribution in [0.25, 0.3) is 0 Å². The zero-order valence-electron chi connectivity index (χ0n) is 9.16. The smallest absolute Gasteiger partial charge is 0.307 e. The van der Waals surface area contributed by atoms with E-state index in [1.165, 1.54) is 0 Å². The van der Waals surface area contributed by atoms with Gasteiger partial charge in [0.25, 0.3) is 0 Å². The van der Waals surface area contributed by atoms with Crippen molar-refractivity contribution in [1.29, 1.82) is 0 Å². The zero-order chi connectivity index (χ0) is 10.7. The van der Waals surface area contributed by atoms with Gasteiger partial charge in [0.2, 0.25) is 0 Å². The number of carbonyl (C=O) groups is 1. The maximum atomic E-state index is 10.8. The summed E-state index contributed by atoms with van der Waals surface area (Å²) in [4.78, 5) is 13.1. The molecule has 14 heavy (non-hydrogen) atoms. The fraction of sp³-hybridized carbons (Fsp3) is 0.900. The quantitative estimate of drug-likeness (QED) is 0.692. The molecule has 1 aliphatic heterocycles. The largest absolute Gasteiger partial charge is 0.481 e. The summed E-state index contributed by atoms with van der Waals surface area (Å²) in [6.45, 7) is 8.75. The van der Waals surface area contributed by atoms with Crippen molar-refractivity contribution in [1.82, 2.24) is 10.2 Å². The van der Waals surface area contributed by atoms with Crippen molar-refractivity contribution in [2.24, 2.45) is 5.92 Å². The number of carboxylic acids is 1. The lowest BCUT2D eigenvalue weighted by molar-refractivity contribution is -0.143. The Kier molecular flexibility index (Phi) is 3.89. The van der Waals surface area contributed by atoms with Crippen LogP contribution in [-0.2, 0) is 4.79 Å². The third-order valence-corrected chi connectivity index (χ3v) is 3.09.